The number of hydrogen-bond donors (Lipinski definition) is 1. The molecule has 0 spiro atoms. The second kappa shape index (κ2) is 6.65. The van der Waals surface area contributed by atoms with Crippen LogP contribution in [0.5, 0.6) is 5.75 Å². The lowest BCUT2D eigenvalue weighted by molar-refractivity contribution is -0.118. The molecule has 0 saturated carbocycles. The Morgan fingerprint density at radius 2 is 2.25 bits per heavy atom. The fourth-order valence-electron chi connectivity index (χ4n) is 2.40. The minimum atomic E-state index is -2.83. The van der Waals surface area contributed by atoms with Crippen molar-refractivity contribution in [1.29, 1.82) is 0 Å². The normalized spacial score (nSPS) is 14.3. The van der Waals surface area contributed by atoms with Crippen LogP contribution in [0.2, 0.25) is 0 Å². The van der Waals surface area contributed by atoms with E-state index < -0.39 is 6.61 Å². The molecule has 0 saturated heterocycles. The maximum absolute atomic E-state index is 12.2. The van der Waals surface area contributed by atoms with Gasteiger partial charge in [-0.05, 0) is 49.6 Å². The summed E-state index contributed by atoms with van der Waals surface area (Å²) in [6.07, 6.45) is 2.64. The Labute approximate surface area is 116 Å². The molecule has 0 aromatic heterocycles. The van der Waals surface area contributed by atoms with Gasteiger partial charge in [-0.15, -0.1) is 0 Å². The molecule has 2 rings (SSSR count). The molecule has 110 valence electrons. The number of carbonyl (C=O) groups is 1. The van der Waals surface area contributed by atoms with E-state index >= 15 is 0 Å². The molecule has 1 aromatic rings. The first-order chi connectivity index (χ1) is 9.61. The number of anilines is 1. The van der Waals surface area contributed by atoms with Crippen LogP contribution in [0.25, 0.3) is 0 Å². The summed E-state index contributed by atoms with van der Waals surface area (Å²) in [4.78, 5) is 13.8. The van der Waals surface area contributed by atoms with Crippen LogP contribution in [0, 0.1) is 0 Å². The zero-order chi connectivity index (χ0) is 14.5. The predicted molar refractivity (Wildman–Crippen MR) is 72.0 cm³/mol. The summed E-state index contributed by atoms with van der Waals surface area (Å²) in [6, 6.07) is 4.73. The number of alkyl halides is 2. The number of nitrogens with two attached hydrogens (primary N) is 1. The minimum absolute atomic E-state index is 0.0268. The van der Waals surface area contributed by atoms with E-state index in [0.29, 0.717) is 25.9 Å². The van der Waals surface area contributed by atoms with Gasteiger partial charge in [0.25, 0.3) is 0 Å². The van der Waals surface area contributed by atoms with E-state index in [0.717, 1.165) is 24.1 Å². The highest BCUT2D eigenvalue weighted by atomic mass is 19.3. The van der Waals surface area contributed by atoms with Crippen molar-refractivity contribution in [2.24, 2.45) is 5.73 Å². The number of amides is 1. The van der Waals surface area contributed by atoms with Gasteiger partial charge in [-0.1, -0.05) is 0 Å². The molecule has 0 aliphatic carbocycles. The van der Waals surface area contributed by atoms with Gasteiger partial charge in [0.1, 0.15) is 5.75 Å². The first kappa shape index (κ1) is 14.7. The molecule has 1 heterocycles. The second-order valence-corrected chi connectivity index (χ2v) is 4.71. The van der Waals surface area contributed by atoms with E-state index in [1.54, 1.807) is 17.0 Å². The number of nitrogens with zero attached hydrogens (tertiary/aromatic N) is 1. The van der Waals surface area contributed by atoms with E-state index in [1.807, 2.05) is 0 Å². The molecule has 2 N–H and O–H groups in total. The monoisotopic (exact) mass is 284 g/mol. The Morgan fingerprint density at radius 1 is 1.45 bits per heavy atom. The van der Waals surface area contributed by atoms with Crippen LogP contribution in [-0.2, 0) is 11.2 Å². The number of hydrogen-bond acceptors (Lipinski definition) is 3. The summed E-state index contributed by atoms with van der Waals surface area (Å²) in [7, 11) is 0. The van der Waals surface area contributed by atoms with E-state index in [4.69, 9.17) is 5.73 Å². The Bertz CT molecular complexity index is 480. The van der Waals surface area contributed by atoms with Crippen molar-refractivity contribution < 1.29 is 18.3 Å². The summed E-state index contributed by atoms with van der Waals surface area (Å²) in [5.41, 5.74) is 7.07. The number of aryl methyl sites for hydroxylation is 1. The Morgan fingerprint density at radius 3 is 2.95 bits per heavy atom. The van der Waals surface area contributed by atoms with Gasteiger partial charge < -0.3 is 15.4 Å². The zero-order valence-corrected chi connectivity index (χ0v) is 11.1. The molecule has 20 heavy (non-hydrogen) atoms. The van der Waals surface area contributed by atoms with Gasteiger partial charge in [-0.2, -0.15) is 8.78 Å². The van der Waals surface area contributed by atoms with E-state index in [9.17, 15) is 13.6 Å². The van der Waals surface area contributed by atoms with E-state index in [2.05, 4.69) is 4.74 Å². The van der Waals surface area contributed by atoms with Crippen LogP contribution in [-0.4, -0.2) is 25.6 Å². The number of carbonyl (C=O) groups excluding carboxylic acids is 1. The smallest absolute Gasteiger partial charge is 0.387 e. The van der Waals surface area contributed by atoms with Gasteiger partial charge in [0, 0.05) is 18.7 Å². The maximum Gasteiger partial charge on any atom is 0.387 e. The summed E-state index contributed by atoms with van der Waals surface area (Å²) in [5.74, 6) is 0.161. The van der Waals surface area contributed by atoms with Crippen molar-refractivity contribution >= 4 is 11.6 Å². The summed E-state index contributed by atoms with van der Waals surface area (Å²) in [6.45, 7) is -1.70. The highest BCUT2D eigenvalue weighted by molar-refractivity contribution is 5.94. The van der Waals surface area contributed by atoms with Gasteiger partial charge in [0.15, 0.2) is 0 Å². The molecule has 0 bridgehead atoms. The average molecular weight is 284 g/mol. The van der Waals surface area contributed by atoms with Crippen molar-refractivity contribution in [2.45, 2.75) is 32.3 Å². The third-order valence-electron chi connectivity index (χ3n) is 3.29. The molecule has 4 nitrogen and oxygen atoms in total. The van der Waals surface area contributed by atoms with Gasteiger partial charge >= 0.3 is 6.61 Å². The third-order valence-corrected chi connectivity index (χ3v) is 3.29. The Hall–Kier alpha value is -1.69. The van der Waals surface area contributed by atoms with Crippen molar-refractivity contribution in [3.63, 3.8) is 0 Å². The Balaban J connectivity index is 2.17. The van der Waals surface area contributed by atoms with Crippen molar-refractivity contribution in [3.05, 3.63) is 23.8 Å². The predicted octanol–water partition coefficient (Wildman–Crippen LogP) is 2.31. The molecule has 1 amide bonds. The van der Waals surface area contributed by atoms with Gasteiger partial charge in [0.05, 0.1) is 0 Å². The van der Waals surface area contributed by atoms with Crippen molar-refractivity contribution in [3.8, 4) is 5.75 Å². The second-order valence-electron chi connectivity index (χ2n) is 4.71. The van der Waals surface area contributed by atoms with Gasteiger partial charge in [-0.25, -0.2) is 0 Å². The zero-order valence-electron chi connectivity index (χ0n) is 11.1. The SMILES string of the molecule is NCCCC(=O)N1CCCc2cc(OC(F)F)ccc21. The van der Waals surface area contributed by atoms with Crippen LogP contribution >= 0.6 is 0 Å². The highest BCUT2D eigenvalue weighted by Gasteiger charge is 2.22. The highest BCUT2D eigenvalue weighted by Crippen LogP contribution is 2.31. The van der Waals surface area contributed by atoms with Crippen LogP contribution in [0.1, 0.15) is 24.8 Å². The average Bonchev–Trinajstić information content (AvgIpc) is 2.43. The van der Waals surface area contributed by atoms with Crippen LogP contribution in [0.4, 0.5) is 14.5 Å². The van der Waals surface area contributed by atoms with Crippen LogP contribution in [0.3, 0.4) is 0 Å². The first-order valence-corrected chi connectivity index (χ1v) is 6.70. The molecule has 6 heteroatoms. The quantitative estimate of drug-likeness (QED) is 0.902. The molecule has 1 aromatic carbocycles. The number of fused-ring (bicyclic) bond motifs is 1. The third kappa shape index (κ3) is 3.45. The molecule has 0 atom stereocenters. The van der Waals surface area contributed by atoms with Crippen LogP contribution in [0.15, 0.2) is 18.2 Å². The van der Waals surface area contributed by atoms with E-state index in [1.165, 1.54) is 6.07 Å². The fourth-order valence-corrected chi connectivity index (χ4v) is 2.40. The lowest BCUT2D eigenvalue weighted by atomic mass is 10.0. The summed E-state index contributed by atoms with van der Waals surface area (Å²) in [5, 5.41) is 0. The number of ether oxygens (including phenoxy) is 1. The topological polar surface area (TPSA) is 55.6 Å². The van der Waals surface area contributed by atoms with Crippen LogP contribution < -0.4 is 15.4 Å². The Kier molecular flexibility index (Phi) is 4.89. The number of benzene rings is 1. The lowest BCUT2D eigenvalue weighted by Crippen LogP contribution is -2.35. The molecule has 1 aliphatic rings. The standard InChI is InChI=1S/C14H18F2N2O2/c15-14(16)20-11-5-6-12-10(9-11)3-2-8-18(12)13(19)4-1-7-17/h5-6,9,14H,1-4,7-8,17H2. The molecular formula is C14H18F2N2O2. The largest absolute Gasteiger partial charge is 0.435 e. The summed E-state index contributed by atoms with van der Waals surface area (Å²) >= 11 is 0. The minimum Gasteiger partial charge on any atom is -0.435 e. The van der Waals surface area contributed by atoms with Gasteiger partial charge in [0.2, 0.25) is 5.91 Å². The fraction of sp³-hybridized carbons (Fsp3) is 0.500. The number of halogens is 2. The molecule has 1 aliphatic heterocycles. The first-order valence-electron chi connectivity index (χ1n) is 6.70. The van der Waals surface area contributed by atoms with Crippen molar-refractivity contribution in [2.75, 3.05) is 18.0 Å². The molecule has 0 fully saturated rings. The lowest BCUT2D eigenvalue weighted by Gasteiger charge is -2.30. The molecular weight excluding hydrogens is 266 g/mol. The van der Waals surface area contributed by atoms with Crippen molar-refractivity contribution in [1.82, 2.24) is 0 Å². The number of rotatable bonds is 5. The van der Waals surface area contributed by atoms with E-state index in [-0.39, 0.29) is 11.7 Å². The molecule has 0 radical (unpaired) electrons. The molecule has 0 unspecified atom stereocenters. The maximum atomic E-state index is 12.2. The van der Waals surface area contributed by atoms with Gasteiger partial charge in [-0.3, -0.25) is 4.79 Å². The summed E-state index contributed by atoms with van der Waals surface area (Å²) < 4.78 is 28.8.